The van der Waals surface area contributed by atoms with Gasteiger partial charge in [-0.25, -0.2) is 0 Å². The Morgan fingerprint density at radius 3 is 1.00 bits per heavy atom. The van der Waals surface area contributed by atoms with Crippen molar-refractivity contribution in [3.05, 3.63) is 0 Å². The predicted octanol–water partition coefficient (Wildman–Crippen LogP) is 3.18. The van der Waals surface area contributed by atoms with E-state index in [0.29, 0.717) is 0 Å². The number of rotatable bonds is 0. The molecule has 1 aliphatic carbocycles. The van der Waals surface area contributed by atoms with Gasteiger partial charge in [-0.3, -0.25) is 0 Å². The van der Waals surface area contributed by atoms with Crippen LogP contribution in [0.5, 0.6) is 0 Å². The molecule has 2 nitrogen and oxygen atoms in total. The fraction of sp³-hybridized carbons (Fsp3) is 1.00. The second kappa shape index (κ2) is 4.33. The fourth-order valence-electron chi connectivity index (χ4n) is 1.87. The Balaban J connectivity index is 3.69. The van der Waals surface area contributed by atoms with Crippen molar-refractivity contribution in [3.8, 4) is 0 Å². The lowest BCUT2D eigenvalue weighted by Crippen LogP contribution is -2.62. The Bertz CT molecular complexity index is 343. The van der Waals surface area contributed by atoms with Gasteiger partial charge in [0.25, 0.3) is 0 Å². The molecule has 0 amide bonds. The SMILES string of the molecule is OC1C(Cl)(Cl)C(Cl)(Cl)C(O)C1(C(F)(F)F)C(F)(F)F. The number of hydrogen-bond donors (Lipinski definition) is 2. The quantitative estimate of drug-likeness (QED) is 0.504. The molecule has 0 spiro atoms. The molecule has 2 unspecified atom stereocenters. The van der Waals surface area contributed by atoms with Gasteiger partial charge in [-0.15, -0.1) is 0 Å². The normalized spacial score (nSPS) is 33.5. The standard InChI is InChI=1S/C7H4Cl4F6O2/c8-4(9)1(18)3(6(12,13)14,7(15,16)17)2(19)5(4,10)11/h1-2,18-19H. The lowest BCUT2D eigenvalue weighted by atomic mass is 9.80. The number of alkyl halides is 10. The zero-order valence-electron chi connectivity index (χ0n) is 8.33. The number of aliphatic hydroxyl groups excluding tert-OH is 2. The van der Waals surface area contributed by atoms with Crippen LogP contribution in [0.3, 0.4) is 0 Å². The summed E-state index contributed by atoms with van der Waals surface area (Å²) in [5.41, 5.74) is -5.06. The first kappa shape index (κ1) is 17.7. The molecule has 1 rings (SSSR count). The number of hydrogen-bond acceptors (Lipinski definition) is 2. The summed E-state index contributed by atoms with van der Waals surface area (Å²) in [5, 5.41) is 18.6. The highest BCUT2D eigenvalue weighted by Crippen LogP contribution is 2.70. The van der Waals surface area contributed by atoms with Crippen LogP contribution < -0.4 is 0 Å². The first-order chi connectivity index (χ1) is 8.06. The second-order valence-corrected chi connectivity index (χ2v) is 6.69. The van der Waals surface area contributed by atoms with E-state index in [2.05, 4.69) is 0 Å². The molecular formula is C7H4Cl4F6O2. The van der Waals surface area contributed by atoms with E-state index >= 15 is 0 Å². The molecule has 1 fully saturated rings. The molecule has 12 heteroatoms. The highest BCUT2D eigenvalue weighted by atomic mass is 35.5. The van der Waals surface area contributed by atoms with Gasteiger partial charge in [0.1, 0.15) is 12.2 Å². The average Bonchev–Trinajstić information content (AvgIpc) is 2.21. The minimum atomic E-state index is -6.15. The van der Waals surface area contributed by atoms with Gasteiger partial charge >= 0.3 is 12.4 Å². The summed E-state index contributed by atoms with van der Waals surface area (Å²) in [6.45, 7) is 0. The Morgan fingerprint density at radius 1 is 0.684 bits per heavy atom. The highest BCUT2D eigenvalue weighted by Gasteiger charge is 2.90. The molecule has 0 bridgehead atoms. The van der Waals surface area contributed by atoms with E-state index in [4.69, 9.17) is 46.4 Å². The van der Waals surface area contributed by atoms with E-state index in [1.807, 2.05) is 0 Å². The largest absolute Gasteiger partial charge is 0.408 e. The summed E-state index contributed by atoms with van der Waals surface area (Å²) >= 11 is 20.8. The van der Waals surface area contributed by atoms with Crippen molar-refractivity contribution < 1.29 is 36.6 Å². The number of halogens is 10. The smallest absolute Gasteiger partial charge is 0.388 e. The van der Waals surface area contributed by atoms with Crippen molar-refractivity contribution in [1.29, 1.82) is 0 Å². The van der Waals surface area contributed by atoms with Crippen molar-refractivity contribution in [2.75, 3.05) is 0 Å². The van der Waals surface area contributed by atoms with Crippen LogP contribution in [-0.2, 0) is 0 Å². The zero-order chi connectivity index (χ0) is 15.7. The van der Waals surface area contributed by atoms with Gasteiger partial charge in [-0.1, -0.05) is 46.4 Å². The van der Waals surface area contributed by atoms with E-state index in [-0.39, 0.29) is 0 Å². The van der Waals surface area contributed by atoms with Crippen LogP contribution in [0, 0.1) is 5.41 Å². The van der Waals surface area contributed by atoms with Crippen molar-refractivity contribution >= 4 is 46.4 Å². The Morgan fingerprint density at radius 2 is 0.895 bits per heavy atom. The molecule has 0 radical (unpaired) electrons. The molecule has 0 aliphatic heterocycles. The third-order valence-corrected chi connectivity index (χ3v) is 5.34. The van der Waals surface area contributed by atoms with E-state index < -0.39 is 38.6 Å². The maximum atomic E-state index is 12.8. The van der Waals surface area contributed by atoms with Crippen LogP contribution in [0.25, 0.3) is 0 Å². The van der Waals surface area contributed by atoms with E-state index in [1.54, 1.807) is 0 Å². The highest BCUT2D eigenvalue weighted by molar-refractivity contribution is 6.63. The van der Waals surface area contributed by atoms with E-state index in [0.717, 1.165) is 0 Å². The third-order valence-electron chi connectivity index (χ3n) is 2.93. The molecular weight excluding hydrogens is 372 g/mol. The van der Waals surface area contributed by atoms with Crippen LogP contribution in [0.15, 0.2) is 0 Å². The molecule has 19 heavy (non-hydrogen) atoms. The Labute approximate surface area is 122 Å². The van der Waals surface area contributed by atoms with Crippen LogP contribution in [0.1, 0.15) is 0 Å². The Kier molecular flexibility index (Phi) is 4.04. The molecule has 2 N–H and O–H groups in total. The summed E-state index contributed by atoms with van der Waals surface area (Å²) in [4.78, 5) is 0. The number of aliphatic hydroxyl groups is 2. The molecule has 2 atom stereocenters. The Hall–Kier alpha value is 0.660. The average molecular weight is 376 g/mol. The van der Waals surface area contributed by atoms with Crippen LogP contribution in [0.2, 0.25) is 0 Å². The second-order valence-electron chi connectivity index (χ2n) is 3.92. The summed E-state index contributed by atoms with van der Waals surface area (Å²) < 4.78 is 70.4. The van der Waals surface area contributed by atoms with Gasteiger partial charge in [0.05, 0.1) is 0 Å². The maximum absolute atomic E-state index is 12.8. The molecule has 114 valence electrons. The summed E-state index contributed by atoms with van der Waals surface area (Å²) in [6, 6.07) is 0. The summed E-state index contributed by atoms with van der Waals surface area (Å²) in [6.07, 6.45) is -19.3. The fourth-order valence-corrected chi connectivity index (χ4v) is 2.97. The van der Waals surface area contributed by atoms with Crippen molar-refractivity contribution in [2.45, 2.75) is 33.2 Å². The maximum Gasteiger partial charge on any atom is 0.408 e. The topological polar surface area (TPSA) is 40.5 Å². The molecule has 1 aliphatic rings. The van der Waals surface area contributed by atoms with Crippen molar-refractivity contribution in [1.82, 2.24) is 0 Å². The van der Waals surface area contributed by atoms with Crippen LogP contribution in [-0.4, -0.2) is 43.4 Å². The monoisotopic (exact) mass is 374 g/mol. The van der Waals surface area contributed by atoms with Gasteiger partial charge in [0, 0.05) is 0 Å². The lowest BCUT2D eigenvalue weighted by molar-refractivity contribution is -0.378. The predicted molar refractivity (Wildman–Crippen MR) is 55.4 cm³/mol. The molecule has 0 aromatic rings. The van der Waals surface area contributed by atoms with Gasteiger partial charge in [0.15, 0.2) is 8.67 Å². The van der Waals surface area contributed by atoms with Gasteiger partial charge in [-0.2, -0.15) is 26.3 Å². The van der Waals surface area contributed by atoms with Gasteiger partial charge < -0.3 is 10.2 Å². The minimum absolute atomic E-state index is 3.29. The van der Waals surface area contributed by atoms with Crippen LogP contribution in [0.4, 0.5) is 26.3 Å². The molecule has 0 aromatic carbocycles. The van der Waals surface area contributed by atoms with Crippen LogP contribution >= 0.6 is 46.4 Å². The first-order valence-corrected chi connectivity index (χ1v) is 5.82. The molecule has 0 saturated heterocycles. The summed E-state index contributed by atoms with van der Waals surface area (Å²) in [7, 11) is 0. The zero-order valence-corrected chi connectivity index (χ0v) is 11.4. The molecule has 0 aromatic heterocycles. The summed E-state index contributed by atoms with van der Waals surface area (Å²) in [5.74, 6) is 0. The van der Waals surface area contributed by atoms with E-state index in [1.165, 1.54) is 0 Å². The lowest BCUT2D eigenvalue weighted by Gasteiger charge is -2.39. The van der Waals surface area contributed by atoms with Gasteiger partial charge in [0.2, 0.25) is 5.41 Å². The van der Waals surface area contributed by atoms with Crippen molar-refractivity contribution in [3.63, 3.8) is 0 Å². The molecule has 1 saturated carbocycles. The molecule has 0 heterocycles. The first-order valence-electron chi connectivity index (χ1n) is 4.31. The van der Waals surface area contributed by atoms with E-state index in [9.17, 15) is 36.6 Å². The third kappa shape index (κ3) is 1.94. The van der Waals surface area contributed by atoms with Gasteiger partial charge in [-0.05, 0) is 0 Å². The minimum Gasteiger partial charge on any atom is -0.388 e. The van der Waals surface area contributed by atoms with Crippen molar-refractivity contribution in [2.24, 2.45) is 5.41 Å².